The van der Waals surface area contributed by atoms with Crippen molar-refractivity contribution in [2.45, 2.75) is 32.7 Å². The second-order valence-corrected chi connectivity index (χ2v) is 6.14. The summed E-state index contributed by atoms with van der Waals surface area (Å²) in [5.41, 5.74) is 2.66. The monoisotopic (exact) mass is 310 g/mol. The topological polar surface area (TPSA) is 66.9 Å². The normalized spacial score (nSPS) is 21.0. The van der Waals surface area contributed by atoms with E-state index < -0.39 is 0 Å². The Labute approximate surface area is 136 Å². The van der Waals surface area contributed by atoms with Gasteiger partial charge in [-0.25, -0.2) is 9.97 Å². The second-order valence-electron chi connectivity index (χ2n) is 6.14. The number of anilines is 1. The molecule has 1 aliphatic rings. The summed E-state index contributed by atoms with van der Waals surface area (Å²) in [6.45, 7) is 4.89. The van der Waals surface area contributed by atoms with Crippen molar-refractivity contribution in [1.29, 1.82) is 0 Å². The summed E-state index contributed by atoms with van der Waals surface area (Å²) in [6, 6.07) is 10.1. The van der Waals surface area contributed by atoms with Gasteiger partial charge in [-0.1, -0.05) is 12.1 Å². The summed E-state index contributed by atoms with van der Waals surface area (Å²) < 4.78 is 0. The molecule has 1 amide bonds. The number of benzene rings is 1. The smallest absolute Gasteiger partial charge is 0.227 e. The number of aryl methyl sites for hydroxylation is 1. The summed E-state index contributed by atoms with van der Waals surface area (Å²) >= 11 is 0. The molecule has 1 saturated heterocycles. The molecule has 0 bridgehead atoms. The molecule has 2 aromatic rings. The van der Waals surface area contributed by atoms with Crippen LogP contribution in [0.5, 0.6) is 0 Å². The summed E-state index contributed by atoms with van der Waals surface area (Å²) in [4.78, 5) is 21.0. The first-order chi connectivity index (χ1) is 11.1. The zero-order valence-electron chi connectivity index (χ0n) is 13.5. The molecular weight excluding hydrogens is 288 g/mol. The van der Waals surface area contributed by atoms with Crippen LogP contribution in [0.15, 0.2) is 36.5 Å². The van der Waals surface area contributed by atoms with Crippen LogP contribution in [0.3, 0.4) is 0 Å². The first-order valence-electron chi connectivity index (χ1n) is 8.06. The number of rotatable bonds is 3. The van der Waals surface area contributed by atoms with Crippen LogP contribution in [0.25, 0.3) is 11.3 Å². The van der Waals surface area contributed by atoms with Gasteiger partial charge in [0.25, 0.3) is 0 Å². The van der Waals surface area contributed by atoms with E-state index >= 15 is 0 Å². The fourth-order valence-electron chi connectivity index (χ4n) is 2.99. The maximum atomic E-state index is 12.5. The van der Waals surface area contributed by atoms with Gasteiger partial charge in [0.1, 0.15) is 5.82 Å². The summed E-state index contributed by atoms with van der Waals surface area (Å²) in [7, 11) is 0. The zero-order chi connectivity index (χ0) is 16.2. The van der Waals surface area contributed by atoms with Crippen molar-refractivity contribution in [3.8, 4) is 11.3 Å². The Kier molecular flexibility index (Phi) is 4.67. The molecule has 2 heterocycles. The van der Waals surface area contributed by atoms with E-state index in [1.807, 2.05) is 37.3 Å². The molecule has 120 valence electrons. The van der Waals surface area contributed by atoms with Crippen LogP contribution < -0.4 is 10.6 Å². The third-order valence-electron chi connectivity index (χ3n) is 4.20. The number of nitrogens with one attached hydrogen (secondary N) is 2. The van der Waals surface area contributed by atoms with Crippen LogP contribution in [0.2, 0.25) is 0 Å². The lowest BCUT2D eigenvalue weighted by atomic mass is 9.92. The van der Waals surface area contributed by atoms with Crippen LogP contribution in [-0.4, -0.2) is 28.5 Å². The molecule has 0 radical (unpaired) electrons. The van der Waals surface area contributed by atoms with E-state index in [9.17, 15) is 4.79 Å². The average molecular weight is 310 g/mol. The standard InChI is InChI=1S/C18H22N4O/c1-12-10-15(6-8-19-12)18(23)22-16-5-3-4-14(11-16)17-7-9-20-13(2)21-17/h3-5,7,9,11-12,15,19H,6,8,10H2,1-2H3,(H,22,23)/t12-,15-/m0/s1. The lowest BCUT2D eigenvalue weighted by molar-refractivity contribution is -0.120. The number of aromatic nitrogens is 2. The minimum atomic E-state index is 0.0798. The number of hydrogen-bond acceptors (Lipinski definition) is 4. The number of amides is 1. The maximum Gasteiger partial charge on any atom is 0.227 e. The molecule has 1 aromatic carbocycles. The second kappa shape index (κ2) is 6.87. The van der Waals surface area contributed by atoms with Gasteiger partial charge < -0.3 is 10.6 Å². The lowest BCUT2D eigenvalue weighted by Crippen LogP contribution is -2.40. The number of carbonyl (C=O) groups excluding carboxylic acids is 1. The van der Waals surface area contributed by atoms with Crippen LogP contribution in [-0.2, 0) is 4.79 Å². The zero-order valence-corrected chi connectivity index (χ0v) is 13.5. The van der Waals surface area contributed by atoms with Crippen molar-refractivity contribution in [1.82, 2.24) is 15.3 Å². The van der Waals surface area contributed by atoms with Crippen LogP contribution in [0.1, 0.15) is 25.6 Å². The predicted octanol–water partition coefficient (Wildman–Crippen LogP) is 2.78. The highest BCUT2D eigenvalue weighted by Gasteiger charge is 2.24. The molecule has 0 unspecified atom stereocenters. The number of carbonyl (C=O) groups is 1. The highest BCUT2D eigenvalue weighted by atomic mass is 16.1. The first-order valence-corrected chi connectivity index (χ1v) is 8.06. The van der Waals surface area contributed by atoms with E-state index in [-0.39, 0.29) is 11.8 Å². The molecule has 1 aliphatic heterocycles. The quantitative estimate of drug-likeness (QED) is 0.915. The third kappa shape index (κ3) is 3.93. The van der Waals surface area contributed by atoms with Crippen LogP contribution in [0, 0.1) is 12.8 Å². The molecule has 5 heteroatoms. The molecule has 1 aromatic heterocycles. The van der Waals surface area contributed by atoms with Crippen molar-refractivity contribution >= 4 is 11.6 Å². The molecule has 23 heavy (non-hydrogen) atoms. The van der Waals surface area contributed by atoms with Gasteiger partial charge in [-0.3, -0.25) is 4.79 Å². The first kappa shape index (κ1) is 15.6. The minimum Gasteiger partial charge on any atom is -0.326 e. The Morgan fingerprint density at radius 2 is 2.22 bits per heavy atom. The van der Waals surface area contributed by atoms with Crippen molar-refractivity contribution in [2.75, 3.05) is 11.9 Å². The van der Waals surface area contributed by atoms with E-state index in [4.69, 9.17) is 0 Å². The minimum absolute atomic E-state index is 0.0798. The lowest BCUT2D eigenvalue weighted by Gasteiger charge is -2.27. The Morgan fingerprint density at radius 1 is 1.35 bits per heavy atom. The SMILES string of the molecule is Cc1nccc(-c2cccc(NC(=O)[C@H]3CCN[C@@H](C)C3)c2)n1. The molecule has 0 saturated carbocycles. The fourth-order valence-corrected chi connectivity index (χ4v) is 2.99. The molecule has 5 nitrogen and oxygen atoms in total. The number of nitrogens with zero attached hydrogens (tertiary/aromatic N) is 2. The highest BCUT2D eigenvalue weighted by Crippen LogP contribution is 2.23. The van der Waals surface area contributed by atoms with Crippen molar-refractivity contribution in [2.24, 2.45) is 5.92 Å². The highest BCUT2D eigenvalue weighted by molar-refractivity contribution is 5.93. The third-order valence-corrected chi connectivity index (χ3v) is 4.20. The van der Waals surface area contributed by atoms with Crippen LogP contribution >= 0.6 is 0 Å². The van der Waals surface area contributed by atoms with Gasteiger partial charge in [-0.2, -0.15) is 0 Å². The van der Waals surface area contributed by atoms with E-state index in [1.165, 1.54) is 0 Å². The van der Waals surface area contributed by atoms with Crippen molar-refractivity contribution in [3.05, 3.63) is 42.4 Å². The van der Waals surface area contributed by atoms with Gasteiger partial charge in [-0.15, -0.1) is 0 Å². The largest absolute Gasteiger partial charge is 0.326 e. The van der Waals surface area contributed by atoms with Gasteiger partial charge in [0.15, 0.2) is 0 Å². The number of hydrogen-bond donors (Lipinski definition) is 2. The molecule has 2 atom stereocenters. The van der Waals surface area contributed by atoms with Crippen LogP contribution in [0.4, 0.5) is 5.69 Å². The molecule has 3 rings (SSSR count). The predicted molar refractivity (Wildman–Crippen MR) is 91.0 cm³/mol. The Morgan fingerprint density at radius 3 is 3.00 bits per heavy atom. The van der Waals surface area contributed by atoms with Gasteiger partial charge in [0.2, 0.25) is 5.91 Å². The maximum absolute atomic E-state index is 12.5. The molecule has 0 aliphatic carbocycles. The average Bonchev–Trinajstić information content (AvgIpc) is 2.55. The van der Waals surface area contributed by atoms with Crippen molar-refractivity contribution in [3.63, 3.8) is 0 Å². The fraction of sp³-hybridized carbons (Fsp3) is 0.389. The number of piperidine rings is 1. The van der Waals surface area contributed by atoms with E-state index in [0.29, 0.717) is 6.04 Å². The van der Waals surface area contributed by atoms with E-state index in [2.05, 4.69) is 27.5 Å². The van der Waals surface area contributed by atoms with Gasteiger partial charge in [0.05, 0.1) is 5.69 Å². The molecule has 0 spiro atoms. The summed E-state index contributed by atoms with van der Waals surface area (Å²) in [5, 5.41) is 6.42. The Hall–Kier alpha value is -2.27. The Balaban J connectivity index is 1.74. The van der Waals surface area contributed by atoms with Gasteiger partial charge >= 0.3 is 0 Å². The summed E-state index contributed by atoms with van der Waals surface area (Å²) in [6.07, 6.45) is 3.52. The van der Waals surface area contributed by atoms with E-state index in [1.54, 1.807) is 6.20 Å². The van der Waals surface area contributed by atoms with E-state index in [0.717, 1.165) is 42.2 Å². The Bertz CT molecular complexity index is 701. The molecular formula is C18H22N4O. The molecule has 2 N–H and O–H groups in total. The summed E-state index contributed by atoms with van der Waals surface area (Å²) in [5.74, 6) is 0.922. The van der Waals surface area contributed by atoms with Gasteiger partial charge in [0, 0.05) is 29.4 Å². The molecule has 1 fully saturated rings. The van der Waals surface area contributed by atoms with Gasteiger partial charge in [-0.05, 0) is 51.4 Å². The van der Waals surface area contributed by atoms with Crippen molar-refractivity contribution < 1.29 is 4.79 Å².